The largest absolute Gasteiger partial charge is 0.485 e. The van der Waals surface area contributed by atoms with E-state index in [9.17, 15) is 4.79 Å². The average Bonchev–Trinajstić information content (AvgIpc) is 2.98. The molecule has 0 fully saturated rings. The van der Waals surface area contributed by atoms with Gasteiger partial charge in [0.2, 0.25) is 0 Å². The van der Waals surface area contributed by atoms with Crippen LogP contribution in [0.3, 0.4) is 0 Å². The van der Waals surface area contributed by atoms with Crippen molar-refractivity contribution in [2.45, 2.75) is 34.3 Å². The van der Waals surface area contributed by atoms with Crippen molar-refractivity contribution in [1.29, 1.82) is 0 Å². The normalized spacial score (nSPS) is 10.6. The van der Waals surface area contributed by atoms with E-state index in [1.54, 1.807) is 6.20 Å². The predicted molar refractivity (Wildman–Crippen MR) is 104 cm³/mol. The third-order valence-electron chi connectivity index (χ3n) is 4.06. The van der Waals surface area contributed by atoms with Gasteiger partial charge in [0, 0.05) is 11.4 Å². The Balaban J connectivity index is 1.67. The molecule has 0 aliphatic rings. The highest BCUT2D eigenvalue weighted by Crippen LogP contribution is 2.22. The molecule has 0 radical (unpaired) electrons. The number of carbonyl (C=O) groups excluding carboxylic acids is 1. The van der Waals surface area contributed by atoms with Gasteiger partial charge in [0.1, 0.15) is 22.2 Å². The van der Waals surface area contributed by atoms with Gasteiger partial charge in [-0.25, -0.2) is 4.98 Å². The molecular weight excluding hydrogens is 346 g/mol. The molecule has 3 rings (SSSR count). The molecule has 0 spiro atoms. The van der Waals surface area contributed by atoms with Gasteiger partial charge in [0.05, 0.1) is 11.9 Å². The van der Waals surface area contributed by atoms with Gasteiger partial charge in [0.25, 0.3) is 5.91 Å². The Morgan fingerprint density at radius 1 is 1.12 bits per heavy atom. The van der Waals surface area contributed by atoms with Crippen LogP contribution in [0.25, 0.3) is 0 Å². The van der Waals surface area contributed by atoms with E-state index in [1.165, 1.54) is 16.9 Å². The Bertz CT molecular complexity index is 933. The summed E-state index contributed by atoms with van der Waals surface area (Å²) in [5.74, 6) is 0.538. The lowest BCUT2D eigenvalue weighted by Crippen LogP contribution is -2.11. The van der Waals surface area contributed by atoms with Gasteiger partial charge in [-0.3, -0.25) is 9.78 Å². The quantitative estimate of drug-likeness (QED) is 0.716. The minimum Gasteiger partial charge on any atom is -0.485 e. The fraction of sp³-hybridized carbons (Fsp3) is 0.250. The number of thiazole rings is 1. The van der Waals surface area contributed by atoms with E-state index in [2.05, 4.69) is 15.3 Å². The summed E-state index contributed by atoms with van der Waals surface area (Å²) in [4.78, 5) is 21.8. The Labute approximate surface area is 157 Å². The molecule has 0 aliphatic carbocycles. The summed E-state index contributed by atoms with van der Waals surface area (Å²) in [7, 11) is 0. The summed E-state index contributed by atoms with van der Waals surface area (Å²) in [6, 6.07) is 9.64. The summed E-state index contributed by atoms with van der Waals surface area (Å²) < 4.78 is 5.70. The molecule has 6 heteroatoms. The van der Waals surface area contributed by atoms with Crippen LogP contribution in [0.2, 0.25) is 0 Å². The molecule has 0 atom stereocenters. The summed E-state index contributed by atoms with van der Waals surface area (Å²) in [5, 5.41) is 3.70. The van der Waals surface area contributed by atoms with Gasteiger partial charge in [-0.1, -0.05) is 6.07 Å². The first kappa shape index (κ1) is 18.1. The number of amides is 1. The molecule has 0 bridgehead atoms. The fourth-order valence-corrected chi connectivity index (χ4v) is 3.29. The van der Waals surface area contributed by atoms with Crippen LogP contribution in [0.15, 0.2) is 36.5 Å². The molecule has 5 nitrogen and oxygen atoms in total. The molecule has 1 N–H and O–H groups in total. The highest BCUT2D eigenvalue weighted by Gasteiger charge is 2.16. The van der Waals surface area contributed by atoms with Crippen LogP contribution >= 0.6 is 11.3 Å². The third-order valence-corrected chi connectivity index (χ3v) is 5.19. The molecule has 1 amide bonds. The zero-order valence-corrected chi connectivity index (χ0v) is 16.1. The molecule has 0 saturated carbocycles. The first-order valence-electron chi connectivity index (χ1n) is 8.33. The van der Waals surface area contributed by atoms with E-state index in [4.69, 9.17) is 4.74 Å². The molecule has 134 valence electrons. The number of aromatic nitrogens is 2. The standard InChI is InChI=1S/C20H21N3O2S/c1-12-5-7-16(9-13(12)2)23-20(24)19-15(4)22-18(26-19)11-25-17-8-6-14(3)21-10-17/h5-10H,11H2,1-4H3,(H,23,24). The van der Waals surface area contributed by atoms with Crippen LogP contribution in [-0.4, -0.2) is 15.9 Å². The van der Waals surface area contributed by atoms with Crippen LogP contribution in [0.1, 0.15) is 37.2 Å². The maximum atomic E-state index is 12.6. The number of hydrogen-bond acceptors (Lipinski definition) is 5. The van der Waals surface area contributed by atoms with E-state index >= 15 is 0 Å². The van der Waals surface area contributed by atoms with Gasteiger partial charge < -0.3 is 10.1 Å². The molecule has 2 aromatic heterocycles. The number of anilines is 1. The SMILES string of the molecule is Cc1ccc(OCc2nc(C)c(C(=O)Nc3ccc(C)c(C)c3)s2)cn1. The van der Waals surface area contributed by atoms with E-state index in [0.29, 0.717) is 22.9 Å². The molecule has 0 saturated heterocycles. The van der Waals surface area contributed by atoms with Crippen molar-refractivity contribution in [2.75, 3.05) is 5.32 Å². The highest BCUT2D eigenvalue weighted by atomic mass is 32.1. The molecule has 0 unspecified atom stereocenters. The minimum atomic E-state index is -0.147. The van der Waals surface area contributed by atoms with Gasteiger partial charge in [-0.15, -0.1) is 11.3 Å². The number of pyridine rings is 1. The van der Waals surface area contributed by atoms with Gasteiger partial charge >= 0.3 is 0 Å². The van der Waals surface area contributed by atoms with Crippen LogP contribution in [-0.2, 0) is 6.61 Å². The number of nitrogens with zero attached hydrogens (tertiary/aromatic N) is 2. The molecule has 3 aromatic rings. The smallest absolute Gasteiger partial charge is 0.267 e. The van der Waals surface area contributed by atoms with Crippen molar-refractivity contribution in [2.24, 2.45) is 0 Å². The fourth-order valence-electron chi connectivity index (χ4n) is 2.42. The average molecular weight is 367 g/mol. The topological polar surface area (TPSA) is 64.1 Å². The van der Waals surface area contributed by atoms with Crippen LogP contribution < -0.4 is 10.1 Å². The van der Waals surface area contributed by atoms with Crippen LogP contribution in [0, 0.1) is 27.7 Å². The first-order chi connectivity index (χ1) is 12.4. The second-order valence-electron chi connectivity index (χ2n) is 6.20. The first-order valence-corrected chi connectivity index (χ1v) is 9.14. The van der Waals surface area contributed by atoms with Crippen molar-refractivity contribution < 1.29 is 9.53 Å². The zero-order valence-electron chi connectivity index (χ0n) is 15.3. The lowest BCUT2D eigenvalue weighted by atomic mass is 10.1. The number of ether oxygens (including phenoxy) is 1. The number of aryl methyl sites for hydroxylation is 4. The Morgan fingerprint density at radius 2 is 1.92 bits per heavy atom. The van der Waals surface area contributed by atoms with Crippen molar-refractivity contribution in [3.63, 3.8) is 0 Å². The van der Waals surface area contributed by atoms with Crippen molar-refractivity contribution in [3.05, 3.63) is 68.9 Å². The molecule has 1 aromatic carbocycles. The molecular formula is C20H21N3O2S. The van der Waals surface area contributed by atoms with Crippen molar-refractivity contribution in [3.8, 4) is 5.75 Å². The summed E-state index contributed by atoms with van der Waals surface area (Å²) in [5.41, 5.74) is 4.77. The monoisotopic (exact) mass is 367 g/mol. The number of nitrogens with one attached hydrogen (secondary N) is 1. The molecule has 26 heavy (non-hydrogen) atoms. The summed E-state index contributed by atoms with van der Waals surface area (Å²) >= 11 is 1.35. The van der Waals surface area contributed by atoms with E-state index in [1.807, 2.05) is 58.0 Å². The second kappa shape index (κ2) is 7.66. The zero-order chi connectivity index (χ0) is 18.7. The molecule has 2 heterocycles. The highest BCUT2D eigenvalue weighted by molar-refractivity contribution is 7.13. The van der Waals surface area contributed by atoms with E-state index < -0.39 is 0 Å². The minimum absolute atomic E-state index is 0.147. The molecule has 0 aliphatic heterocycles. The Morgan fingerprint density at radius 3 is 2.62 bits per heavy atom. The number of rotatable bonds is 5. The van der Waals surface area contributed by atoms with Crippen LogP contribution in [0.5, 0.6) is 5.75 Å². The number of hydrogen-bond donors (Lipinski definition) is 1. The summed E-state index contributed by atoms with van der Waals surface area (Å²) in [6.45, 7) is 8.15. The van der Waals surface area contributed by atoms with E-state index in [0.717, 1.165) is 22.0 Å². The summed E-state index contributed by atoms with van der Waals surface area (Å²) in [6.07, 6.45) is 1.68. The van der Waals surface area contributed by atoms with Crippen molar-refractivity contribution >= 4 is 22.9 Å². The van der Waals surface area contributed by atoms with Crippen molar-refractivity contribution in [1.82, 2.24) is 9.97 Å². The Hall–Kier alpha value is -2.73. The Kier molecular flexibility index (Phi) is 5.32. The van der Waals surface area contributed by atoms with Gasteiger partial charge in [-0.05, 0) is 63.1 Å². The van der Waals surface area contributed by atoms with Crippen LogP contribution in [0.4, 0.5) is 5.69 Å². The predicted octanol–water partition coefficient (Wildman–Crippen LogP) is 4.60. The van der Waals surface area contributed by atoms with E-state index in [-0.39, 0.29) is 5.91 Å². The lowest BCUT2D eigenvalue weighted by Gasteiger charge is -2.06. The second-order valence-corrected chi connectivity index (χ2v) is 7.28. The lowest BCUT2D eigenvalue weighted by molar-refractivity contribution is 0.103. The third kappa shape index (κ3) is 4.26. The maximum absolute atomic E-state index is 12.6. The van der Waals surface area contributed by atoms with Gasteiger partial charge in [-0.2, -0.15) is 0 Å². The number of carbonyl (C=O) groups is 1. The van der Waals surface area contributed by atoms with Gasteiger partial charge in [0.15, 0.2) is 0 Å². The maximum Gasteiger partial charge on any atom is 0.267 e. The number of benzene rings is 1.